The van der Waals surface area contributed by atoms with Crippen LogP contribution in [-0.2, 0) is 6.42 Å². The number of fused-ring (bicyclic) bond motifs is 2. The van der Waals surface area contributed by atoms with E-state index in [9.17, 15) is 19.7 Å². The summed E-state index contributed by atoms with van der Waals surface area (Å²) in [6.45, 7) is 0.0997. The lowest BCUT2D eigenvalue weighted by molar-refractivity contribution is -0.385. The van der Waals surface area contributed by atoms with Gasteiger partial charge in [0.25, 0.3) is 17.5 Å². The highest BCUT2D eigenvalue weighted by molar-refractivity contribution is 6.23. The lowest BCUT2D eigenvalue weighted by atomic mass is 10.1. The fraction of sp³-hybridized carbons (Fsp3) is 0.263. The van der Waals surface area contributed by atoms with Gasteiger partial charge in [0.1, 0.15) is 5.56 Å². The van der Waals surface area contributed by atoms with E-state index >= 15 is 0 Å². The molecular formula is C19H17N3O4. The van der Waals surface area contributed by atoms with E-state index in [1.807, 2.05) is 24.1 Å². The van der Waals surface area contributed by atoms with Crippen molar-refractivity contribution < 1.29 is 14.5 Å². The average molecular weight is 351 g/mol. The normalized spacial score (nSPS) is 18.4. The second-order valence-corrected chi connectivity index (χ2v) is 6.65. The van der Waals surface area contributed by atoms with E-state index in [1.165, 1.54) is 29.3 Å². The van der Waals surface area contributed by atoms with E-state index in [2.05, 4.69) is 12.1 Å². The number of imide groups is 1. The topological polar surface area (TPSA) is 83.8 Å². The van der Waals surface area contributed by atoms with Gasteiger partial charge in [-0.2, -0.15) is 0 Å². The molecule has 0 spiro atoms. The number of nitro benzene ring substituents is 1. The maximum Gasteiger partial charge on any atom is 0.282 e. The Hall–Kier alpha value is -3.06. The lowest BCUT2D eigenvalue weighted by Crippen LogP contribution is -2.40. The van der Waals surface area contributed by atoms with Crippen molar-refractivity contribution in [2.75, 3.05) is 13.7 Å². The minimum atomic E-state index is -0.621. The first-order chi connectivity index (χ1) is 12.5. The molecule has 0 saturated heterocycles. The Bertz CT molecular complexity index is 940. The van der Waals surface area contributed by atoms with Gasteiger partial charge in [0, 0.05) is 12.1 Å². The van der Waals surface area contributed by atoms with Crippen molar-refractivity contribution >= 4 is 17.5 Å². The molecule has 26 heavy (non-hydrogen) atoms. The number of nitro groups is 1. The first-order valence-corrected chi connectivity index (χ1v) is 8.40. The molecule has 2 aromatic carbocycles. The van der Waals surface area contributed by atoms with Gasteiger partial charge in [0.2, 0.25) is 0 Å². The van der Waals surface area contributed by atoms with Crippen LogP contribution < -0.4 is 0 Å². The van der Waals surface area contributed by atoms with Gasteiger partial charge in [-0.15, -0.1) is 0 Å². The second kappa shape index (κ2) is 6.03. The molecule has 2 aliphatic rings. The number of hydrogen-bond donors (Lipinski definition) is 0. The molecule has 1 heterocycles. The van der Waals surface area contributed by atoms with E-state index in [4.69, 9.17) is 0 Å². The number of aryl methyl sites for hydroxylation is 1. The Morgan fingerprint density at radius 3 is 2.69 bits per heavy atom. The molecule has 132 valence electrons. The molecule has 4 rings (SSSR count). The molecule has 2 amide bonds. The number of rotatable bonds is 4. The molecule has 1 aliphatic carbocycles. The van der Waals surface area contributed by atoms with E-state index in [0.29, 0.717) is 0 Å². The van der Waals surface area contributed by atoms with Crippen molar-refractivity contribution in [3.63, 3.8) is 0 Å². The van der Waals surface area contributed by atoms with Crippen LogP contribution in [0.25, 0.3) is 0 Å². The summed E-state index contributed by atoms with van der Waals surface area (Å²) in [5, 5.41) is 11.2. The van der Waals surface area contributed by atoms with Gasteiger partial charge < -0.3 is 0 Å². The van der Waals surface area contributed by atoms with E-state index < -0.39 is 16.7 Å². The molecule has 0 saturated carbocycles. The largest absolute Gasteiger partial charge is 0.282 e. The summed E-state index contributed by atoms with van der Waals surface area (Å²) in [4.78, 5) is 39.0. The summed E-state index contributed by atoms with van der Waals surface area (Å²) in [5.41, 5.74) is 2.16. The molecule has 1 aliphatic heterocycles. The number of carbonyl (C=O) groups excluding carboxylic acids is 2. The molecule has 1 atom stereocenters. The molecule has 0 radical (unpaired) electrons. The maximum absolute atomic E-state index is 12.7. The van der Waals surface area contributed by atoms with Crippen molar-refractivity contribution in [3.05, 3.63) is 74.8 Å². The molecule has 7 heteroatoms. The lowest BCUT2D eigenvalue weighted by Gasteiger charge is -2.28. The first-order valence-electron chi connectivity index (χ1n) is 8.40. The van der Waals surface area contributed by atoms with Crippen LogP contribution in [0.1, 0.15) is 44.3 Å². The third kappa shape index (κ3) is 2.40. The predicted octanol–water partition coefficient (Wildman–Crippen LogP) is 2.77. The van der Waals surface area contributed by atoms with Gasteiger partial charge in [-0.05, 0) is 37.1 Å². The van der Waals surface area contributed by atoms with Crippen LogP contribution >= 0.6 is 0 Å². The molecule has 1 unspecified atom stereocenters. The zero-order chi connectivity index (χ0) is 18.4. The minimum absolute atomic E-state index is 0.0997. The van der Waals surface area contributed by atoms with Gasteiger partial charge in [0.15, 0.2) is 0 Å². The van der Waals surface area contributed by atoms with Crippen LogP contribution in [0.2, 0.25) is 0 Å². The molecule has 0 aromatic heterocycles. The average Bonchev–Trinajstić information content (AvgIpc) is 3.17. The Labute approximate surface area is 150 Å². The minimum Gasteiger partial charge on any atom is -0.282 e. The van der Waals surface area contributed by atoms with Crippen LogP contribution in [0.15, 0.2) is 42.5 Å². The number of nitrogens with zero attached hydrogens (tertiary/aromatic N) is 3. The standard InChI is InChI=1S/C19H17N3O4/c1-20(15-10-9-12-5-2-3-6-13(12)15)11-21-18(23)14-7-4-8-16(22(25)26)17(14)19(21)24/h2-8,15H,9-11H2,1H3. The fourth-order valence-electron chi connectivity index (χ4n) is 3.91. The molecule has 0 bridgehead atoms. The van der Waals surface area contributed by atoms with E-state index in [0.717, 1.165) is 17.7 Å². The predicted molar refractivity (Wildman–Crippen MR) is 93.7 cm³/mol. The number of benzene rings is 2. The maximum atomic E-state index is 12.7. The summed E-state index contributed by atoms with van der Waals surface area (Å²) >= 11 is 0. The van der Waals surface area contributed by atoms with Crippen molar-refractivity contribution in [1.82, 2.24) is 9.80 Å². The van der Waals surface area contributed by atoms with E-state index in [1.54, 1.807) is 0 Å². The third-order valence-corrected chi connectivity index (χ3v) is 5.17. The Kier molecular flexibility index (Phi) is 3.81. The van der Waals surface area contributed by atoms with Crippen molar-refractivity contribution in [3.8, 4) is 0 Å². The summed E-state index contributed by atoms with van der Waals surface area (Å²) in [7, 11) is 1.87. The molecule has 0 N–H and O–H groups in total. The highest BCUT2D eigenvalue weighted by atomic mass is 16.6. The van der Waals surface area contributed by atoms with Gasteiger partial charge in [-0.1, -0.05) is 30.3 Å². The summed E-state index contributed by atoms with van der Waals surface area (Å²) in [6, 6.07) is 12.4. The molecular weight excluding hydrogens is 334 g/mol. The Morgan fingerprint density at radius 2 is 1.92 bits per heavy atom. The van der Waals surface area contributed by atoms with E-state index in [-0.39, 0.29) is 29.5 Å². The SMILES string of the molecule is CN(CN1C(=O)c2cccc([N+](=O)[O-])c2C1=O)C1CCc2ccccc21. The van der Waals surface area contributed by atoms with Gasteiger partial charge in [-0.25, -0.2) is 0 Å². The van der Waals surface area contributed by atoms with Gasteiger partial charge in [-0.3, -0.25) is 29.5 Å². The molecule has 0 fully saturated rings. The van der Waals surface area contributed by atoms with Gasteiger partial charge >= 0.3 is 0 Å². The zero-order valence-electron chi connectivity index (χ0n) is 14.2. The smallest absolute Gasteiger partial charge is 0.282 e. The van der Waals surface area contributed by atoms with Crippen LogP contribution in [0.5, 0.6) is 0 Å². The Morgan fingerprint density at radius 1 is 1.15 bits per heavy atom. The number of hydrogen-bond acceptors (Lipinski definition) is 5. The van der Waals surface area contributed by atoms with Gasteiger partial charge in [0.05, 0.1) is 17.2 Å². The molecule has 2 aromatic rings. The fourth-order valence-corrected chi connectivity index (χ4v) is 3.91. The second-order valence-electron chi connectivity index (χ2n) is 6.65. The molecule has 7 nitrogen and oxygen atoms in total. The van der Waals surface area contributed by atoms with Crippen LogP contribution in [0, 0.1) is 10.1 Å². The highest BCUT2D eigenvalue weighted by Gasteiger charge is 2.42. The number of carbonyl (C=O) groups is 2. The summed E-state index contributed by atoms with van der Waals surface area (Å²) in [5.74, 6) is -1.08. The summed E-state index contributed by atoms with van der Waals surface area (Å²) in [6.07, 6.45) is 1.87. The third-order valence-electron chi connectivity index (χ3n) is 5.17. The quantitative estimate of drug-likeness (QED) is 0.480. The van der Waals surface area contributed by atoms with Crippen molar-refractivity contribution in [2.45, 2.75) is 18.9 Å². The first kappa shape index (κ1) is 16.4. The highest BCUT2D eigenvalue weighted by Crippen LogP contribution is 2.36. The van der Waals surface area contributed by atoms with Crippen LogP contribution in [-0.4, -0.2) is 40.3 Å². The summed E-state index contributed by atoms with van der Waals surface area (Å²) < 4.78 is 0. The Balaban J connectivity index is 1.60. The van der Waals surface area contributed by atoms with Crippen LogP contribution in [0.3, 0.4) is 0 Å². The van der Waals surface area contributed by atoms with Crippen molar-refractivity contribution in [2.24, 2.45) is 0 Å². The number of amides is 2. The van der Waals surface area contributed by atoms with Crippen molar-refractivity contribution in [1.29, 1.82) is 0 Å². The monoisotopic (exact) mass is 351 g/mol. The zero-order valence-corrected chi connectivity index (χ0v) is 14.2. The van der Waals surface area contributed by atoms with Crippen LogP contribution in [0.4, 0.5) is 5.69 Å².